The number of hydrogen-bond acceptors (Lipinski definition) is 21. The summed E-state index contributed by atoms with van der Waals surface area (Å²) in [4.78, 5) is 0. The highest BCUT2D eigenvalue weighted by Crippen LogP contribution is 2.06. The van der Waals surface area contributed by atoms with Gasteiger partial charge >= 0.3 is 0 Å². The molecule has 0 N–H and O–H groups in total. The molecule has 2 aromatic carbocycles. The van der Waals surface area contributed by atoms with Gasteiger partial charge in [-0.1, -0.05) is 61.4 Å². The largest absolute Gasteiger partial charge is 0.382 e. The second-order valence-electron chi connectivity index (χ2n) is 17.7. The Bertz CT molecular complexity index is 1490. The molecule has 0 bridgehead atoms. The Kier molecular flexibility index (Phi) is 113. The van der Waals surface area contributed by atoms with Crippen molar-refractivity contribution in [3.05, 3.63) is 84.2 Å². The highest BCUT2D eigenvalue weighted by atomic mass is 19.1. The predicted octanol–water partition coefficient (Wildman–Crippen LogP) is 9.64. The lowest BCUT2D eigenvalue weighted by Crippen LogP contribution is -2.21. The van der Waals surface area contributed by atoms with Gasteiger partial charge < -0.3 is 94.7 Å². The standard InChI is InChI=1S/C10H13FO2.C10H14O2.C7H16O2.2C6H14O2.C6H12O2.C6H10O2.C5H9NO2.C5H12O2.C4H10O2/c1-12-6-7-13-8-9-2-4-10(11)5-3-9;1-11-7-8-12-9-10-5-3-2-4-6-10;1-7(2,3)9-6-5-8-4;1-6(2)8-5-4-7-3;3*1-3-4-8-6-5-7-2;1-7-4-5-8-3-2-6;1-3-7-5-4-6-2;1-5-3-4-6-2/h2-5H,6-8H2,1H3;2-6H,7-9H2,1H3;5-6H2,1-4H3;6H,4-5H2,1-3H3;3-6H2,1-2H3;3H,1,4-6H2,2H3;1H,4-6H2,2H3;3-5H2,1H3;3-5H2,1-2H3;3-4H2,1-2H3. The molecule has 0 heterocycles. The molecule has 0 unspecified atom stereocenters. The summed E-state index contributed by atoms with van der Waals surface area (Å²) in [5.41, 5.74) is 2.14. The number of hydrogen-bond donors (Lipinski definition) is 0. The Labute approximate surface area is 528 Å². The van der Waals surface area contributed by atoms with Crippen LogP contribution >= 0.6 is 0 Å². The first-order chi connectivity index (χ1) is 42.1. The van der Waals surface area contributed by atoms with Crippen LogP contribution < -0.4 is 0 Å². The number of terminal acetylenes is 1. The lowest BCUT2D eigenvalue weighted by atomic mass is 10.2. The van der Waals surface area contributed by atoms with Crippen LogP contribution in [-0.2, 0) is 108 Å². The molecular weight excluding hydrogens is 1130 g/mol. The van der Waals surface area contributed by atoms with E-state index in [9.17, 15) is 4.39 Å². The van der Waals surface area contributed by atoms with Crippen molar-refractivity contribution in [1.29, 1.82) is 5.26 Å². The van der Waals surface area contributed by atoms with Gasteiger partial charge in [0.25, 0.3) is 0 Å². The van der Waals surface area contributed by atoms with Crippen molar-refractivity contribution in [2.45, 2.75) is 79.8 Å². The van der Waals surface area contributed by atoms with E-state index in [4.69, 9.17) is 92.2 Å². The average molecular weight is 1260 g/mol. The maximum atomic E-state index is 12.5. The molecule has 0 aliphatic rings. The zero-order chi connectivity index (χ0) is 67.2. The first-order valence-corrected chi connectivity index (χ1v) is 29.0. The third-order valence-corrected chi connectivity index (χ3v) is 8.51. The van der Waals surface area contributed by atoms with E-state index in [0.717, 1.165) is 31.8 Å². The van der Waals surface area contributed by atoms with Crippen LogP contribution in [-0.4, -0.2) is 255 Å². The van der Waals surface area contributed by atoms with Gasteiger partial charge in [0.05, 0.1) is 170 Å². The lowest BCUT2D eigenvalue weighted by molar-refractivity contribution is -0.0271. The summed E-state index contributed by atoms with van der Waals surface area (Å²) < 4.78 is 110. The highest BCUT2D eigenvalue weighted by Gasteiger charge is 2.08. The van der Waals surface area contributed by atoms with Crippen LogP contribution in [0.4, 0.5) is 4.39 Å². The molecule has 0 aliphatic carbocycles. The summed E-state index contributed by atoms with van der Waals surface area (Å²) in [7, 11) is 18.2. The number of rotatable bonds is 42. The Morgan fingerprint density at radius 3 is 1.18 bits per heavy atom. The molecule has 0 fully saturated rings. The summed E-state index contributed by atoms with van der Waals surface area (Å²) in [5.74, 6) is 2.13. The fourth-order valence-corrected chi connectivity index (χ4v) is 4.30. The van der Waals surface area contributed by atoms with Crippen LogP contribution in [0.5, 0.6) is 0 Å². The second kappa shape index (κ2) is 98.6. The van der Waals surface area contributed by atoms with Crippen molar-refractivity contribution in [2.24, 2.45) is 0 Å². The smallest absolute Gasteiger partial charge is 0.133 e. The van der Waals surface area contributed by atoms with Gasteiger partial charge in [-0.15, -0.1) is 13.0 Å². The quantitative estimate of drug-likeness (QED) is 0.0344. The van der Waals surface area contributed by atoms with E-state index >= 15 is 0 Å². The summed E-state index contributed by atoms with van der Waals surface area (Å²) in [6, 6.07) is 18.2. The minimum Gasteiger partial charge on any atom is -0.382 e. The fourth-order valence-electron chi connectivity index (χ4n) is 4.30. The molecule has 0 saturated carbocycles. The van der Waals surface area contributed by atoms with E-state index in [2.05, 4.69) is 33.6 Å². The van der Waals surface area contributed by atoms with Gasteiger partial charge in [-0.05, 0) is 71.2 Å². The van der Waals surface area contributed by atoms with Crippen molar-refractivity contribution in [3.8, 4) is 18.4 Å². The average Bonchev–Trinajstić information content (AvgIpc) is 3.66. The molecule has 0 aliphatic heterocycles. The van der Waals surface area contributed by atoms with Gasteiger partial charge in [0.15, 0.2) is 0 Å². The molecule has 516 valence electrons. The molecule has 0 spiro atoms. The Balaban J connectivity index is -0.000000134. The molecule has 87 heavy (non-hydrogen) atoms. The van der Waals surface area contributed by atoms with Crippen molar-refractivity contribution in [3.63, 3.8) is 0 Å². The molecule has 0 aromatic heterocycles. The van der Waals surface area contributed by atoms with Gasteiger partial charge in [0.1, 0.15) is 19.0 Å². The van der Waals surface area contributed by atoms with E-state index in [0.29, 0.717) is 158 Å². The van der Waals surface area contributed by atoms with E-state index in [1.54, 1.807) is 96.4 Å². The minimum atomic E-state index is -0.222. The van der Waals surface area contributed by atoms with Crippen molar-refractivity contribution < 1.29 is 99.1 Å². The Morgan fingerprint density at radius 2 is 0.816 bits per heavy atom. The summed E-state index contributed by atoms with van der Waals surface area (Å²) in [5, 5.41) is 7.95. The number of methoxy groups -OCH3 is 11. The van der Waals surface area contributed by atoms with E-state index < -0.39 is 0 Å². The first-order valence-electron chi connectivity index (χ1n) is 29.0. The van der Waals surface area contributed by atoms with Gasteiger partial charge in [-0.3, -0.25) is 0 Å². The molecule has 21 nitrogen and oxygen atoms in total. The molecule has 2 rings (SSSR count). The third kappa shape index (κ3) is 128. The molecular formula is C65H124FNO20. The SMILES string of the molecule is C#CCOCCOC.C=CCOCCOC.CCCOCCOC.CCOCCOC.COCCOC.COCCOC(C)(C)C.COCCOC(C)C.COCCOCC#N.COCCOCc1ccc(F)cc1.COCCOCc1ccccc1. The number of ether oxygens (including phenoxy) is 20. The first kappa shape index (κ1) is 99.6. The van der Waals surface area contributed by atoms with Crippen LogP contribution in [0.15, 0.2) is 67.3 Å². The number of nitrogens with zero attached hydrogens (tertiary/aromatic N) is 1. The maximum absolute atomic E-state index is 12.5. The predicted molar refractivity (Wildman–Crippen MR) is 344 cm³/mol. The van der Waals surface area contributed by atoms with Crippen LogP contribution in [0.2, 0.25) is 0 Å². The number of benzene rings is 2. The Morgan fingerprint density at radius 1 is 0.460 bits per heavy atom. The lowest BCUT2D eigenvalue weighted by Gasteiger charge is -2.18. The maximum Gasteiger partial charge on any atom is 0.133 e. The normalized spacial score (nSPS) is 9.82. The third-order valence-electron chi connectivity index (χ3n) is 8.51. The zero-order valence-corrected chi connectivity index (χ0v) is 57.4. The van der Waals surface area contributed by atoms with E-state index in [1.807, 2.05) is 77.9 Å². The summed E-state index contributed by atoms with van der Waals surface area (Å²) in [6.45, 7) is 34.6. The fraction of sp³-hybridized carbons (Fsp3) is 0.738. The molecule has 0 radical (unpaired) electrons. The zero-order valence-electron chi connectivity index (χ0n) is 57.4. The molecule has 0 atom stereocenters. The summed E-state index contributed by atoms with van der Waals surface area (Å²) in [6.07, 6.45) is 8.02. The van der Waals surface area contributed by atoms with Gasteiger partial charge in [0.2, 0.25) is 0 Å². The Hall–Kier alpha value is -3.64. The molecule has 2 aromatic rings. The van der Waals surface area contributed by atoms with Gasteiger partial charge in [0, 0.05) is 91.4 Å². The van der Waals surface area contributed by atoms with Crippen molar-refractivity contribution in [1.82, 2.24) is 0 Å². The molecule has 0 saturated heterocycles. The number of nitriles is 1. The highest BCUT2D eigenvalue weighted by molar-refractivity contribution is 5.15. The second-order valence-corrected chi connectivity index (χ2v) is 17.7. The molecule has 0 amide bonds. The van der Waals surface area contributed by atoms with Crippen LogP contribution in [0.3, 0.4) is 0 Å². The number of halogens is 1. The van der Waals surface area contributed by atoms with Gasteiger partial charge in [-0.2, -0.15) is 5.26 Å². The topological polar surface area (TPSA) is 208 Å². The molecule has 22 heteroatoms. The van der Waals surface area contributed by atoms with Crippen LogP contribution in [0, 0.1) is 29.5 Å². The van der Waals surface area contributed by atoms with Crippen molar-refractivity contribution >= 4 is 0 Å². The summed E-state index contributed by atoms with van der Waals surface area (Å²) >= 11 is 0. The van der Waals surface area contributed by atoms with Crippen molar-refractivity contribution in [2.75, 3.05) is 243 Å². The van der Waals surface area contributed by atoms with E-state index in [1.165, 1.54) is 17.7 Å². The van der Waals surface area contributed by atoms with Crippen LogP contribution in [0.25, 0.3) is 0 Å². The van der Waals surface area contributed by atoms with Crippen LogP contribution in [0.1, 0.15) is 66.0 Å². The van der Waals surface area contributed by atoms with Gasteiger partial charge in [-0.25, -0.2) is 4.39 Å². The monoisotopic (exact) mass is 1260 g/mol. The van der Waals surface area contributed by atoms with E-state index in [-0.39, 0.29) is 18.0 Å². The minimum absolute atomic E-state index is 0.0292.